The average molecular weight is 543 g/mol. The average Bonchev–Trinajstić information content (AvgIpc) is 2.76. The monoisotopic (exact) mass is 541 g/mol. The van der Waals surface area contributed by atoms with E-state index in [2.05, 4.69) is 5.32 Å². The molecular weight excluding hydrogens is 509 g/mol. The summed E-state index contributed by atoms with van der Waals surface area (Å²) < 4.78 is 26.5. The van der Waals surface area contributed by atoms with E-state index in [1.165, 1.54) is 4.90 Å². The summed E-state index contributed by atoms with van der Waals surface area (Å²) in [6, 6.07) is 9.26. The molecule has 192 valence electrons. The van der Waals surface area contributed by atoms with Gasteiger partial charge in [-0.25, -0.2) is 8.42 Å². The Labute approximate surface area is 218 Å². The molecule has 2 rings (SSSR count). The fourth-order valence-corrected chi connectivity index (χ4v) is 4.94. The number of carbonyl (C=O) groups excluding carboxylic acids is 2. The molecule has 0 aliphatic carbocycles. The molecule has 7 nitrogen and oxygen atoms in total. The standard InChI is InChI=1S/C25H33Cl2N3O4S/c1-7-18(4)28-25(32)19(5)29(14-20-9-10-21(26)13-22(20)27)24(31)15-30(35(6,33)34)23-11-8-16(2)12-17(23)3/h8-13,18-19H,7,14-15H2,1-6H3,(H,28,32)/t18-,19-/m1/s1. The van der Waals surface area contributed by atoms with E-state index in [-0.39, 0.29) is 18.5 Å². The molecule has 0 aliphatic rings. The number of nitrogens with one attached hydrogen (secondary N) is 1. The Bertz CT molecular complexity index is 1190. The second-order valence-electron chi connectivity index (χ2n) is 8.81. The molecule has 1 N–H and O–H groups in total. The van der Waals surface area contributed by atoms with Gasteiger partial charge in [0.25, 0.3) is 0 Å². The summed E-state index contributed by atoms with van der Waals surface area (Å²) in [7, 11) is -3.80. The van der Waals surface area contributed by atoms with E-state index in [4.69, 9.17) is 23.2 Å². The zero-order valence-electron chi connectivity index (χ0n) is 20.9. The molecule has 0 saturated heterocycles. The van der Waals surface area contributed by atoms with Crippen LogP contribution < -0.4 is 9.62 Å². The molecular formula is C25H33Cl2N3O4S. The second-order valence-corrected chi connectivity index (χ2v) is 11.6. The van der Waals surface area contributed by atoms with Crippen LogP contribution in [0.15, 0.2) is 36.4 Å². The molecule has 0 heterocycles. The third-order valence-electron chi connectivity index (χ3n) is 5.82. The molecule has 0 fully saturated rings. The maximum atomic E-state index is 13.6. The number of rotatable bonds is 10. The summed E-state index contributed by atoms with van der Waals surface area (Å²) in [5.41, 5.74) is 2.69. The van der Waals surface area contributed by atoms with Gasteiger partial charge in [0.15, 0.2) is 0 Å². The minimum absolute atomic E-state index is 0.00834. The van der Waals surface area contributed by atoms with E-state index in [1.807, 2.05) is 26.8 Å². The summed E-state index contributed by atoms with van der Waals surface area (Å²) in [4.78, 5) is 27.9. The third kappa shape index (κ3) is 7.85. The smallest absolute Gasteiger partial charge is 0.244 e. The van der Waals surface area contributed by atoms with Crippen molar-refractivity contribution in [3.05, 3.63) is 63.1 Å². The van der Waals surface area contributed by atoms with E-state index >= 15 is 0 Å². The van der Waals surface area contributed by atoms with Crippen molar-refractivity contribution in [1.29, 1.82) is 0 Å². The largest absolute Gasteiger partial charge is 0.352 e. The van der Waals surface area contributed by atoms with Crippen molar-refractivity contribution < 1.29 is 18.0 Å². The lowest BCUT2D eigenvalue weighted by Crippen LogP contribution is -2.52. The Morgan fingerprint density at radius 1 is 1.06 bits per heavy atom. The molecule has 0 aliphatic heterocycles. The highest BCUT2D eigenvalue weighted by Gasteiger charge is 2.31. The van der Waals surface area contributed by atoms with E-state index in [0.29, 0.717) is 21.3 Å². The van der Waals surface area contributed by atoms with Crippen molar-refractivity contribution in [2.75, 3.05) is 17.1 Å². The fourth-order valence-electron chi connectivity index (χ4n) is 3.56. The van der Waals surface area contributed by atoms with Gasteiger partial charge in [-0.3, -0.25) is 13.9 Å². The van der Waals surface area contributed by atoms with Crippen molar-refractivity contribution in [3.8, 4) is 0 Å². The van der Waals surface area contributed by atoms with E-state index < -0.39 is 28.5 Å². The molecule has 2 aromatic rings. The number of anilines is 1. The van der Waals surface area contributed by atoms with Crippen LogP contribution in [0.3, 0.4) is 0 Å². The van der Waals surface area contributed by atoms with Crippen molar-refractivity contribution in [1.82, 2.24) is 10.2 Å². The number of benzene rings is 2. The quantitative estimate of drug-likeness (QED) is 0.471. The van der Waals surface area contributed by atoms with Gasteiger partial charge in [0, 0.05) is 22.6 Å². The predicted octanol–water partition coefficient (Wildman–Crippen LogP) is 4.71. The summed E-state index contributed by atoms with van der Waals surface area (Å²) in [6.07, 6.45) is 1.78. The van der Waals surface area contributed by atoms with E-state index in [1.54, 1.807) is 44.2 Å². The second kappa shape index (κ2) is 12.1. The van der Waals surface area contributed by atoms with Crippen LogP contribution in [0.5, 0.6) is 0 Å². The highest BCUT2D eigenvalue weighted by molar-refractivity contribution is 7.92. The molecule has 0 aromatic heterocycles. The molecule has 2 amide bonds. The normalized spacial score (nSPS) is 13.1. The van der Waals surface area contributed by atoms with Crippen LogP contribution in [0.25, 0.3) is 0 Å². The Hall–Kier alpha value is -2.29. The van der Waals surface area contributed by atoms with Gasteiger partial charge in [0.05, 0.1) is 11.9 Å². The summed E-state index contributed by atoms with van der Waals surface area (Å²) in [6.45, 7) is 8.67. The Morgan fingerprint density at radius 3 is 2.26 bits per heavy atom. The number of hydrogen-bond donors (Lipinski definition) is 1. The van der Waals surface area contributed by atoms with E-state index in [9.17, 15) is 18.0 Å². The van der Waals surface area contributed by atoms with Gasteiger partial charge in [-0.05, 0) is 63.4 Å². The number of hydrogen-bond acceptors (Lipinski definition) is 4. The summed E-state index contributed by atoms with van der Waals surface area (Å²) >= 11 is 12.4. The Kier molecular flexibility index (Phi) is 10.0. The number of sulfonamides is 1. The van der Waals surface area contributed by atoms with Crippen LogP contribution in [0.2, 0.25) is 10.0 Å². The first-order chi connectivity index (χ1) is 16.2. The molecule has 10 heteroatoms. The van der Waals surface area contributed by atoms with Gasteiger partial charge in [-0.1, -0.05) is 53.9 Å². The van der Waals surface area contributed by atoms with Crippen molar-refractivity contribution in [2.24, 2.45) is 0 Å². The lowest BCUT2D eigenvalue weighted by Gasteiger charge is -2.32. The molecule has 0 saturated carbocycles. The van der Waals surface area contributed by atoms with Gasteiger partial charge in [0.2, 0.25) is 21.8 Å². The van der Waals surface area contributed by atoms with Gasteiger partial charge < -0.3 is 10.2 Å². The number of aryl methyl sites for hydroxylation is 2. The molecule has 0 radical (unpaired) electrons. The van der Waals surface area contributed by atoms with Gasteiger partial charge in [-0.15, -0.1) is 0 Å². The first-order valence-corrected chi connectivity index (χ1v) is 13.9. The van der Waals surface area contributed by atoms with Crippen molar-refractivity contribution >= 4 is 50.7 Å². The summed E-state index contributed by atoms with van der Waals surface area (Å²) in [5, 5.41) is 3.67. The Morgan fingerprint density at radius 2 is 1.71 bits per heavy atom. The number of nitrogens with zero attached hydrogens (tertiary/aromatic N) is 2. The lowest BCUT2D eigenvalue weighted by atomic mass is 10.1. The first kappa shape index (κ1) is 28.9. The van der Waals surface area contributed by atoms with Gasteiger partial charge in [0.1, 0.15) is 12.6 Å². The molecule has 2 aromatic carbocycles. The minimum Gasteiger partial charge on any atom is -0.352 e. The van der Waals surface area contributed by atoms with Crippen molar-refractivity contribution in [3.63, 3.8) is 0 Å². The van der Waals surface area contributed by atoms with Crippen LogP contribution in [-0.4, -0.2) is 50.0 Å². The number of amides is 2. The topological polar surface area (TPSA) is 86.8 Å². The van der Waals surface area contributed by atoms with Crippen LogP contribution >= 0.6 is 23.2 Å². The number of carbonyl (C=O) groups is 2. The number of halogens is 2. The molecule has 35 heavy (non-hydrogen) atoms. The predicted molar refractivity (Wildman–Crippen MR) is 142 cm³/mol. The van der Waals surface area contributed by atoms with Crippen LogP contribution in [-0.2, 0) is 26.2 Å². The maximum absolute atomic E-state index is 13.6. The zero-order valence-corrected chi connectivity index (χ0v) is 23.3. The van der Waals surface area contributed by atoms with Crippen LogP contribution in [0, 0.1) is 13.8 Å². The van der Waals surface area contributed by atoms with Gasteiger partial charge in [-0.2, -0.15) is 0 Å². The SMILES string of the molecule is CC[C@@H](C)NC(=O)[C@@H](C)N(Cc1ccc(Cl)cc1Cl)C(=O)CN(c1ccc(C)cc1C)S(C)(=O)=O. The fraction of sp³-hybridized carbons (Fsp3) is 0.440. The summed E-state index contributed by atoms with van der Waals surface area (Å²) in [5.74, 6) is -0.872. The highest BCUT2D eigenvalue weighted by Crippen LogP contribution is 2.26. The maximum Gasteiger partial charge on any atom is 0.244 e. The molecule has 0 unspecified atom stereocenters. The molecule has 2 atom stereocenters. The highest BCUT2D eigenvalue weighted by atomic mass is 35.5. The van der Waals surface area contributed by atoms with Crippen molar-refractivity contribution in [2.45, 2.75) is 59.7 Å². The van der Waals surface area contributed by atoms with Crippen LogP contribution in [0.4, 0.5) is 5.69 Å². The van der Waals surface area contributed by atoms with Crippen LogP contribution in [0.1, 0.15) is 43.9 Å². The molecule has 0 spiro atoms. The third-order valence-corrected chi connectivity index (χ3v) is 7.54. The minimum atomic E-state index is -3.80. The lowest BCUT2D eigenvalue weighted by molar-refractivity contribution is -0.139. The first-order valence-electron chi connectivity index (χ1n) is 11.3. The van der Waals surface area contributed by atoms with Gasteiger partial charge >= 0.3 is 0 Å². The molecule has 0 bridgehead atoms. The Balaban J connectivity index is 2.45. The zero-order chi connectivity index (χ0) is 26.5. The van der Waals surface area contributed by atoms with E-state index in [0.717, 1.165) is 28.1 Å².